The normalized spacial score (nSPS) is 11.9. The molecule has 4 nitrogen and oxygen atoms in total. The summed E-state index contributed by atoms with van der Waals surface area (Å²) < 4.78 is 25.2. The van der Waals surface area contributed by atoms with Crippen LogP contribution in [-0.2, 0) is 10.0 Å². The molecule has 0 fully saturated rings. The van der Waals surface area contributed by atoms with Gasteiger partial charge in [-0.15, -0.1) is 0 Å². The molecule has 0 saturated carbocycles. The van der Waals surface area contributed by atoms with Crippen molar-refractivity contribution >= 4 is 10.0 Å². The topological polar surface area (TPSA) is 58.2 Å². The Morgan fingerprint density at radius 2 is 1.79 bits per heavy atom. The second-order valence-electron chi connectivity index (χ2n) is 3.27. The Balaban J connectivity index is 3.46. The summed E-state index contributed by atoms with van der Waals surface area (Å²) in [4.78, 5) is 0. The molecule has 0 aliphatic heterocycles. The molecule has 0 aromatic heterocycles. The third-order valence-corrected chi connectivity index (χ3v) is 3.34. The van der Waals surface area contributed by atoms with Gasteiger partial charge in [-0.05, 0) is 25.9 Å². The SMILES string of the molecule is CCCCS(=O)(=O)NCCCNCC. The van der Waals surface area contributed by atoms with E-state index in [0.29, 0.717) is 6.54 Å². The average Bonchev–Trinajstić information content (AvgIpc) is 2.15. The Kier molecular flexibility index (Phi) is 8.12. The zero-order chi connectivity index (χ0) is 10.9. The van der Waals surface area contributed by atoms with E-state index in [-0.39, 0.29) is 5.75 Å². The van der Waals surface area contributed by atoms with Crippen molar-refractivity contribution in [2.24, 2.45) is 0 Å². The molecule has 0 heterocycles. The second-order valence-corrected chi connectivity index (χ2v) is 5.20. The van der Waals surface area contributed by atoms with E-state index in [1.165, 1.54) is 0 Å². The third kappa shape index (κ3) is 8.47. The van der Waals surface area contributed by atoms with Crippen molar-refractivity contribution in [3.05, 3.63) is 0 Å². The molecule has 0 aliphatic rings. The van der Waals surface area contributed by atoms with E-state index in [1.54, 1.807) is 0 Å². The van der Waals surface area contributed by atoms with Gasteiger partial charge in [0.2, 0.25) is 10.0 Å². The molecular formula is C9H22N2O2S. The van der Waals surface area contributed by atoms with Crippen LogP contribution in [0.15, 0.2) is 0 Å². The largest absolute Gasteiger partial charge is 0.317 e. The molecule has 0 unspecified atom stereocenters. The van der Waals surface area contributed by atoms with Crippen molar-refractivity contribution in [3.8, 4) is 0 Å². The Morgan fingerprint density at radius 1 is 1.07 bits per heavy atom. The van der Waals surface area contributed by atoms with E-state index in [1.807, 2.05) is 13.8 Å². The number of sulfonamides is 1. The first-order valence-electron chi connectivity index (χ1n) is 5.30. The lowest BCUT2D eigenvalue weighted by Gasteiger charge is -2.05. The first kappa shape index (κ1) is 13.9. The summed E-state index contributed by atoms with van der Waals surface area (Å²) in [5.41, 5.74) is 0. The van der Waals surface area contributed by atoms with Crippen LogP contribution in [-0.4, -0.2) is 33.8 Å². The summed E-state index contributed by atoms with van der Waals surface area (Å²) in [6, 6.07) is 0. The van der Waals surface area contributed by atoms with Gasteiger partial charge in [-0.3, -0.25) is 0 Å². The first-order chi connectivity index (χ1) is 6.62. The van der Waals surface area contributed by atoms with Gasteiger partial charge in [-0.2, -0.15) is 0 Å². The average molecular weight is 222 g/mol. The van der Waals surface area contributed by atoms with Crippen LogP contribution in [0.1, 0.15) is 33.1 Å². The Morgan fingerprint density at radius 3 is 2.36 bits per heavy atom. The predicted octanol–water partition coefficient (Wildman–Crippen LogP) is 0.706. The molecule has 0 aromatic rings. The molecule has 0 atom stereocenters. The fraction of sp³-hybridized carbons (Fsp3) is 1.00. The molecule has 2 N–H and O–H groups in total. The molecule has 14 heavy (non-hydrogen) atoms. The monoisotopic (exact) mass is 222 g/mol. The maximum Gasteiger partial charge on any atom is 0.211 e. The molecular weight excluding hydrogens is 200 g/mol. The van der Waals surface area contributed by atoms with E-state index in [4.69, 9.17) is 0 Å². The molecule has 0 amide bonds. The summed E-state index contributed by atoms with van der Waals surface area (Å²) in [7, 11) is -3.01. The second kappa shape index (κ2) is 8.20. The molecule has 0 bridgehead atoms. The van der Waals surface area contributed by atoms with Crippen molar-refractivity contribution in [1.82, 2.24) is 10.0 Å². The van der Waals surface area contributed by atoms with Crippen LogP contribution < -0.4 is 10.0 Å². The van der Waals surface area contributed by atoms with E-state index in [9.17, 15) is 8.42 Å². The summed E-state index contributed by atoms with van der Waals surface area (Å²) >= 11 is 0. The highest BCUT2D eigenvalue weighted by molar-refractivity contribution is 7.89. The van der Waals surface area contributed by atoms with Crippen LogP contribution in [0.2, 0.25) is 0 Å². The molecule has 86 valence electrons. The zero-order valence-electron chi connectivity index (χ0n) is 9.17. The summed E-state index contributed by atoms with van der Waals surface area (Å²) in [6.07, 6.45) is 2.50. The van der Waals surface area contributed by atoms with Crippen molar-refractivity contribution < 1.29 is 8.42 Å². The summed E-state index contributed by atoms with van der Waals surface area (Å²) in [6.45, 7) is 6.36. The predicted molar refractivity (Wildman–Crippen MR) is 59.9 cm³/mol. The van der Waals surface area contributed by atoms with E-state index >= 15 is 0 Å². The van der Waals surface area contributed by atoms with Gasteiger partial charge in [-0.25, -0.2) is 13.1 Å². The lowest BCUT2D eigenvalue weighted by Crippen LogP contribution is -2.29. The number of nitrogens with one attached hydrogen (secondary N) is 2. The minimum Gasteiger partial charge on any atom is -0.317 e. The Hall–Kier alpha value is -0.130. The first-order valence-corrected chi connectivity index (χ1v) is 6.95. The fourth-order valence-corrected chi connectivity index (χ4v) is 2.29. The highest BCUT2D eigenvalue weighted by atomic mass is 32.2. The van der Waals surface area contributed by atoms with Crippen LogP contribution >= 0.6 is 0 Å². The summed E-state index contributed by atoms with van der Waals surface area (Å²) in [5, 5.41) is 3.14. The molecule has 5 heteroatoms. The Bertz CT molecular complexity index is 215. The maximum absolute atomic E-state index is 11.3. The number of hydrogen-bond donors (Lipinski definition) is 2. The van der Waals surface area contributed by atoms with E-state index in [2.05, 4.69) is 10.0 Å². The molecule has 0 aliphatic carbocycles. The van der Waals surface area contributed by atoms with Gasteiger partial charge in [-0.1, -0.05) is 20.3 Å². The zero-order valence-corrected chi connectivity index (χ0v) is 9.99. The quantitative estimate of drug-likeness (QED) is 0.565. The summed E-state index contributed by atoms with van der Waals surface area (Å²) in [5.74, 6) is 0.255. The van der Waals surface area contributed by atoms with Crippen LogP contribution in [0.4, 0.5) is 0 Å². The van der Waals surface area contributed by atoms with Gasteiger partial charge in [0.1, 0.15) is 0 Å². The number of rotatable bonds is 9. The lowest BCUT2D eigenvalue weighted by molar-refractivity contribution is 0.572. The standard InChI is InChI=1S/C9H22N2O2S/c1-3-5-9-14(12,13)11-8-6-7-10-4-2/h10-11H,3-9H2,1-2H3. The van der Waals surface area contributed by atoms with Gasteiger partial charge in [0, 0.05) is 6.54 Å². The smallest absolute Gasteiger partial charge is 0.211 e. The third-order valence-electron chi connectivity index (χ3n) is 1.87. The van der Waals surface area contributed by atoms with Crippen LogP contribution in [0.25, 0.3) is 0 Å². The van der Waals surface area contributed by atoms with Crippen molar-refractivity contribution in [1.29, 1.82) is 0 Å². The highest BCUT2D eigenvalue weighted by Gasteiger charge is 2.07. The highest BCUT2D eigenvalue weighted by Crippen LogP contribution is 1.93. The minimum atomic E-state index is -3.01. The van der Waals surface area contributed by atoms with Gasteiger partial charge in [0.05, 0.1) is 5.75 Å². The molecule has 0 aromatic carbocycles. The lowest BCUT2D eigenvalue weighted by atomic mass is 10.4. The van der Waals surface area contributed by atoms with Gasteiger partial charge in [0.25, 0.3) is 0 Å². The minimum absolute atomic E-state index is 0.255. The van der Waals surface area contributed by atoms with E-state index < -0.39 is 10.0 Å². The molecule has 0 rings (SSSR count). The van der Waals surface area contributed by atoms with Crippen LogP contribution in [0.5, 0.6) is 0 Å². The molecule has 0 radical (unpaired) electrons. The van der Waals surface area contributed by atoms with Crippen LogP contribution in [0.3, 0.4) is 0 Å². The maximum atomic E-state index is 11.3. The van der Waals surface area contributed by atoms with Gasteiger partial charge in [0.15, 0.2) is 0 Å². The Labute approximate surface area is 87.5 Å². The molecule has 0 spiro atoms. The number of hydrogen-bond acceptors (Lipinski definition) is 3. The number of unbranched alkanes of at least 4 members (excludes halogenated alkanes) is 1. The van der Waals surface area contributed by atoms with Crippen molar-refractivity contribution in [2.45, 2.75) is 33.1 Å². The van der Waals surface area contributed by atoms with E-state index in [0.717, 1.165) is 32.4 Å². The molecule has 0 saturated heterocycles. The van der Waals surface area contributed by atoms with Crippen molar-refractivity contribution in [3.63, 3.8) is 0 Å². The van der Waals surface area contributed by atoms with Crippen LogP contribution in [0, 0.1) is 0 Å². The van der Waals surface area contributed by atoms with Gasteiger partial charge >= 0.3 is 0 Å². The van der Waals surface area contributed by atoms with Crippen molar-refractivity contribution in [2.75, 3.05) is 25.4 Å². The van der Waals surface area contributed by atoms with Gasteiger partial charge < -0.3 is 5.32 Å². The fourth-order valence-electron chi connectivity index (χ4n) is 1.02.